The van der Waals surface area contributed by atoms with E-state index < -0.39 is 60.4 Å². The number of esters is 4. The van der Waals surface area contributed by atoms with Gasteiger partial charge in [-0.1, -0.05) is 6.92 Å². The van der Waals surface area contributed by atoms with E-state index in [0.29, 0.717) is 6.42 Å². The lowest BCUT2D eigenvalue weighted by molar-refractivity contribution is -0.271. The third kappa shape index (κ3) is 8.06. The van der Waals surface area contributed by atoms with Crippen molar-refractivity contribution in [2.75, 3.05) is 6.61 Å². The Balaban J connectivity index is 3.31. The Kier molecular flexibility index (Phi) is 9.53. The van der Waals surface area contributed by atoms with Crippen molar-refractivity contribution in [1.29, 1.82) is 0 Å². The van der Waals surface area contributed by atoms with Gasteiger partial charge in [0.2, 0.25) is 12.2 Å². The van der Waals surface area contributed by atoms with Crippen LogP contribution in [0, 0.1) is 0 Å². The molecule has 29 heavy (non-hydrogen) atoms. The summed E-state index contributed by atoms with van der Waals surface area (Å²) < 4.78 is 26.3. The number of nitrogens with one attached hydrogen (secondary N) is 1. The standard InChI is InChI=1S/C18H27NO10/c1-6-7-14(24)19-15-17(27-11(4)22)16(26-10(3)21)13(8-25-9(2)20)29-18(15)28-12(5)23/h13,15-18H,6-8H2,1-5H3,(H,19,24)/t13-,15+,16-,17-,18-/m1/s1. The molecule has 1 N–H and O–H groups in total. The molecule has 1 saturated heterocycles. The van der Waals surface area contributed by atoms with Crippen LogP contribution in [-0.2, 0) is 47.7 Å². The Morgan fingerprint density at radius 1 is 0.828 bits per heavy atom. The van der Waals surface area contributed by atoms with Gasteiger partial charge in [-0.3, -0.25) is 24.0 Å². The zero-order valence-electron chi connectivity index (χ0n) is 17.1. The molecule has 1 aliphatic heterocycles. The summed E-state index contributed by atoms with van der Waals surface area (Å²) in [4.78, 5) is 58.2. The molecular weight excluding hydrogens is 390 g/mol. The highest BCUT2D eigenvalue weighted by molar-refractivity contribution is 5.76. The normalized spacial score (nSPS) is 26.0. The van der Waals surface area contributed by atoms with E-state index in [2.05, 4.69) is 5.32 Å². The van der Waals surface area contributed by atoms with Crippen molar-refractivity contribution in [2.45, 2.75) is 78.1 Å². The second kappa shape index (κ2) is 11.3. The quantitative estimate of drug-likeness (QED) is 0.423. The minimum atomic E-state index is -1.37. The molecule has 0 aromatic rings. The maximum atomic E-state index is 12.2. The van der Waals surface area contributed by atoms with Gasteiger partial charge in [0, 0.05) is 34.1 Å². The Hall–Kier alpha value is -2.69. The van der Waals surface area contributed by atoms with E-state index >= 15 is 0 Å². The monoisotopic (exact) mass is 417 g/mol. The molecule has 1 fully saturated rings. The van der Waals surface area contributed by atoms with Gasteiger partial charge >= 0.3 is 23.9 Å². The number of rotatable bonds is 8. The molecule has 1 heterocycles. The van der Waals surface area contributed by atoms with Crippen molar-refractivity contribution in [1.82, 2.24) is 5.32 Å². The summed E-state index contributed by atoms with van der Waals surface area (Å²) in [5.41, 5.74) is 0. The van der Waals surface area contributed by atoms with Crippen molar-refractivity contribution in [2.24, 2.45) is 0 Å². The fraction of sp³-hybridized carbons (Fsp3) is 0.722. The average Bonchev–Trinajstić information content (AvgIpc) is 2.57. The second-order valence-electron chi connectivity index (χ2n) is 6.45. The van der Waals surface area contributed by atoms with Crippen molar-refractivity contribution in [3.8, 4) is 0 Å². The number of hydrogen-bond acceptors (Lipinski definition) is 10. The zero-order valence-corrected chi connectivity index (χ0v) is 17.1. The SMILES string of the molecule is CCCC(=O)N[C@@H]1[C@H](OC(C)=O)O[C@H](COC(C)=O)[C@@H](OC(C)=O)[C@@H]1OC(C)=O. The highest BCUT2D eigenvalue weighted by Gasteiger charge is 2.52. The molecule has 0 aliphatic carbocycles. The van der Waals surface area contributed by atoms with Gasteiger partial charge in [0.25, 0.3) is 0 Å². The Morgan fingerprint density at radius 2 is 1.38 bits per heavy atom. The minimum absolute atomic E-state index is 0.158. The maximum Gasteiger partial charge on any atom is 0.305 e. The first-order chi connectivity index (χ1) is 13.5. The van der Waals surface area contributed by atoms with Gasteiger partial charge in [0.05, 0.1) is 0 Å². The van der Waals surface area contributed by atoms with Crippen LogP contribution in [0.5, 0.6) is 0 Å². The van der Waals surface area contributed by atoms with E-state index in [9.17, 15) is 24.0 Å². The Labute approximate surface area is 168 Å². The summed E-state index contributed by atoms with van der Waals surface area (Å²) in [7, 11) is 0. The van der Waals surface area contributed by atoms with Crippen LogP contribution >= 0.6 is 0 Å². The highest BCUT2D eigenvalue weighted by Crippen LogP contribution is 2.28. The topological polar surface area (TPSA) is 144 Å². The summed E-state index contributed by atoms with van der Waals surface area (Å²) in [6, 6.07) is -1.15. The number of carbonyl (C=O) groups is 5. The molecule has 0 aromatic heterocycles. The molecule has 0 bridgehead atoms. The van der Waals surface area contributed by atoms with Gasteiger partial charge in [-0.05, 0) is 6.42 Å². The smallest absolute Gasteiger partial charge is 0.305 e. The molecule has 0 saturated carbocycles. The molecule has 11 nitrogen and oxygen atoms in total. The van der Waals surface area contributed by atoms with Crippen LogP contribution in [0.25, 0.3) is 0 Å². The van der Waals surface area contributed by atoms with Crippen LogP contribution in [0.4, 0.5) is 0 Å². The van der Waals surface area contributed by atoms with Gasteiger partial charge in [-0.25, -0.2) is 0 Å². The van der Waals surface area contributed by atoms with E-state index in [1.807, 2.05) is 0 Å². The highest BCUT2D eigenvalue weighted by atomic mass is 16.7. The maximum absolute atomic E-state index is 12.2. The molecule has 1 aliphatic rings. The lowest BCUT2D eigenvalue weighted by Crippen LogP contribution is -2.67. The predicted octanol–water partition coefficient (Wildman–Crippen LogP) is -0.0142. The fourth-order valence-corrected chi connectivity index (χ4v) is 2.81. The summed E-state index contributed by atoms with van der Waals surface area (Å²) >= 11 is 0. The lowest BCUT2D eigenvalue weighted by atomic mass is 9.96. The molecule has 1 rings (SSSR count). The van der Waals surface area contributed by atoms with E-state index in [1.54, 1.807) is 6.92 Å². The van der Waals surface area contributed by atoms with Crippen molar-refractivity contribution < 1.29 is 47.7 Å². The van der Waals surface area contributed by atoms with Crippen molar-refractivity contribution in [3.05, 3.63) is 0 Å². The van der Waals surface area contributed by atoms with Gasteiger partial charge in [0.1, 0.15) is 18.8 Å². The molecule has 5 atom stereocenters. The van der Waals surface area contributed by atoms with Gasteiger partial charge in [0.15, 0.2) is 12.2 Å². The molecule has 0 aromatic carbocycles. The van der Waals surface area contributed by atoms with E-state index in [1.165, 1.54) is 6.92 Å². The van der Waals surface area contributed by atoms with Crippen molar-refractivity contribution >= 4 is 29.8 Å². The van der Waals surface area contributed by atoms with E-state index in [-0.39, 0.29) is 13.0 Å². The van der Waals surface area contributed by atoms with Crippen LogP contribution in [0.15, 0.2) is 0 Å². The number of carbonyl (C=O) groups excluding carboxylic acids is 5. The summed E-state index contributed by atoms with van der Waals surface area (Å²) in [6.07, 6.45) is -4.27. The van der Waals surface area contributed by atoms with Crippen LogP contribution < -0.4 is 5.32 Å². The first-order valence-corrected chi connectivity index (χ1v) is 9.15. The number of amides is 1. The van der Waals surface area contributed by atoms with Gasteiger partial charge in [-0.2, -0.15) is 0 Å². The minimum Gasteiger partial charge on any atom is -0.463 e. The third-order valence-corrected chi connectivity index (χ3v) is 3.79. The van der Waals surface area contributed by atoms with Crippen LogP contribution in [0.3, 0.4) is 0 Å². The largest absolute Gasteiger partial charge is 0.463 e. The predicted molar refractivity (Wildman–Crippen MR) is 95.0 cm³/mol. The van der Waals surface area contributed by atoms with Crippen LogP contribution in [0.2, 0.25) is 0 Å². The molecule has 164 valence electrons. The van der Waals surface area contributed by atoms with Gasteiger partial charge in [-0.15, -0.1) is 0 Å². The Morgan fingerprint density at radius 3 is 1.86 bits per heavy atom. The summed E-state index contributed by atoms with van der Waals surface area (Å²) in [5.74, 6) is -3.19. The molecule has 0 unspecified atom stereocenters. The zero-order chi connectivity index (χ0) is 22.1. The van der Waals surface area contributed by atoms with Gasteiger partial charge < -0.3 is 29.0 Å². The molecule has 1 amide bonds. The van der Waals surface area contributed by atoms with E-state index in [0.717, 1.165) is 20.8 Å². The Bertz CT molecular complexity index is 634. The molecule has 11 heteroatoms. The fourth-order valence-electron chi connectivity index (χ4n) is 2.81. The number of ether oxygens (including phenoxy) is 5. The number of hydrogen-bond donors (Lipinski definition) is 1. The molecule has 0 spiro atoms. The first-order valence-electron chi connectivity index (χ1n) is 9.15. The van der Waals surface area contributed by atoms with Crippen LogP contribution in [0.1, 0.15) is 47.5 Å². The average molecular weight is 417 g/mol. The molecular formula is C18H27NO10. The second-order valence-corrected chi connectivity index (χ2v) is 6.45. The summed E-state index contributed by atoms with van der Waals surface area (Å²) in [6.45, 7) is 6.00. The summed E-state index contributed by atoms with van der Waals surface area (Å²) in [5, 5.41) is 2.60. The third-order valence-electron chi connectivity index (χ3n) is 3.79. The van der Waals surface area contributed by atoms with Crippen molar-refractivity contribution in [3.63, 3.8) is 0 Å². The lowest BCUT2D eigenvalue weighted by Gasteiger charge is -2.44. The molecule has 0 radical (unpaired) electrons. The van der Waals surface area contributed by atoms with Crippen LogP contribution in [-0.4, -0.2) is 67.0 Å². The first kappa shape index (κ1) is 24.3. The van der Waals surface area contributed by atoms with E-state index in [4.69, 9.17) is 23.7 Å².